The molecule has 0 fully saturated rings. The first-order chi connectivity index (χ1) is 11.5. The van der Waals surface area contributed by atoms with Gasteiger partial charge in [-0.15, -0.1) is 10.2 Å². The highest BCUT2D eigenvalue weighted by atomic mass is 19.4. The minimum Gasteiger partial charge on any atom is -0.423 e. The van der Waals surface area contributed by atoms with Gasteiger partial charge in [-0.25, -0.2) is 0 Å². The van der Waals surface area contributed by atoms with E-state index >= 15 is 0 Å². The second kappa shape index (κ2) is 6.74. The number of halogens is 3. The minimum atomic E-state index is -4.34. The topological polar surface area (TPSA) is 51.0 Å². The second-order valence-corrected chi connectivity index (χ2v) is 5.18. The van der Waals surface area contributed by atoms with Gasteiger partial charge >= 0.3 is 6.18 Å². The fourth-order valence-corrected chi connectivity index (χ4v) is 2.16. The molecule has 0 unspecified atom stereocenters. The molecule has 1 N–H and O–H groups in total. The zero-order valence-electron chi connectivity index (χ0n) is 12.5. The summed E-state index contributed by atoms with van der Waals surface area (Å²) < 4.78 is 43.0. The van der Waals surface area contributed by atoms with Crippen LogP contribution >= 0.6 is 0 Å². The summed E-state index contributed by atoms with van der Waals surface area (Å²) in [6.45, 7) is 0.243. The zero-order chi connectivity index (χ0) is 17.0. The van der Waals surface area contributed by atoms with Crippen molar-refractivity contribution in [2.45, 2.75) is 19.1 Å². The molecule has 0 radical (unpaired) electrons. The Morgan fingerprint density at radius 2 is 1.54 bits per heavy atom. The third kappa shape index (κ3) is 4.13. The van der Waals surface area contributed by atoms with Crippen molar-refractivity contribution in [1.82, 2.24) is 10.2 Å². The normalized spacial score (nSPS) is 11.5. The average Bonchev–Trinajstić information content (AvgIpc) is 3.01. The van der Waals surface area contributed by atoms with E-state index in [4.69, 9.17) is 4.42 Å². The van der Waals surface area contributed by atoms with Crippen molar-refractivity contribution in [1.29, 1.82) is 0 Å². The molecule has 124 valence electrons. The number of nitrogens with one attached hydrogen (secondary N) is 1. The van der Waals surface area contributed by atoms with Crippen LogP contribution in [0.1, 0.15) is 22.9 Å². The molecule has 7 heteroatoms. The number of hydrogen-bond acceptors (Lipinski definition) is 4. The van der Waals surface area contributed by atoms with Gasteiger partial charge in [0.25, 0.3) is 0 Å². The number of alkyl halides is 3. The number of hydrogen-bond donors (Lipinski definition) is 1. The molecule has 0 spiro atoms. The van der Waals surface area contributed by atoms with Gasteiger partial charge in [0.1, 0.15) is 0 Å². The van der Waals surface area contributed by atoms with Crippen LogP contribution in [0.3, 0.4) is 0 Å². The van der Waals surface area contributed by atoms with Gasteiger partial charge in [0.05, 0.1) is 18.5 Å². The van der Waals surface area contributed by atoms with Crippen LogP contribution in [0.25, 0.3) is 0 Å². The van der Waals surface area contributed by atoms with Gasteiger partial charge in [-0.3, -0.25) is 0 Å². The molecule has 24 heavy (non-hydrogen) atoms. The van der Waals surface area contributed by atoms with Crippen molar-refractivity contribution in [3.63, 3.8) is 0 Å². The van der Waals surface area contributed by atoms with E-state index < -0.39 is 11.7 Å². The van der Waals surface area contributed by atoms with Gasteiger partial charge in [0, 0.05) is 5.69 Å². The molecule has 3 rings (SSSR count). The number of anilines is 1. The van der Waals surface area contributed by atoms with Gasteiger partial charge in [-0.05, 0) is 29.8 Å². The van der Waals surface area contributed by atoms with Crippen LogP contribution in [0, 0.1) is 0 Å². The second-order valence-electron chi connectivity index (χ2n) is 5.18. The molecule has 0 aliphatic carbocycles. The summed E-state index contributed by atoms with van der Waals surface area (Å²) in [5.74, 6) is 0.867. The lowest BCUT2D eigenvalue weighted by Crippen LogP contribution is -2.05. The van der Waals surface area contributed by atoms with E-state index in [0.29, 0.717) is 23.9 Å². The fourth-order valence-electron chi connectivity index (χ4n) is 2.16. The third-order valence-electron chi connectivity index (χ3n) is 3.36. The zero-order valence-corrected chi connectivity index (χ0v) is 12.5. The molecule has 0 atom stereocenters. The highest BCUT2D eigenvalue weighted by molar-refractivity contribution is 5.45. The Labute approximate surface area is 136 Å². The predicted octanol–water partition coefficient (Wildman–Crippen LogP) is 4.29. The smallest absolute Gasteiger partial charge is 0.416 e. The highest BCUT2D eigenvalue weighted by Crippen LogP contribution is 2.29. The Balaban J connectivity index is 1.57. The summed E-state index contributed by atoms with van der Waals surface area (Å²) in [7, 11) is 0. The first-order valence-electron chi connectivity index (χ1n) is 7.27. The van der Waals surface area contributed by atoms with Gasteiger partial charge in [0.15, 0.2) is 0 Å². The van der Waals surface area contributed by atoms with Crippen molar-refractivity contribution < 1.29 is 17.6 Å². The maximum absolute atomic E-state index is 12.5. The van der Waals surface area contributed by atoms with Crippen LogP contribution in [0.2, 0.25) is 0 Å². The summed E-state index contributed by atoms with van der Waals surface area (Å²) in [5.41, 5.74) is 0.921. The average molecular weight is 333 g/mol. The predicted molar refractivity (Wildman–Crippen MR) is 82.3 cm³/mol. The molecule has 0 aliphatic heterocycles. The Hall–Kier alpha value is -2.83. The van der Waals surface area contributed by atoms with Crippen molar-refractivity contribution in [3.05, 3.63) is 77.5 Å². The number of rotatable bonds is 5. The summed E-state index contributed by atoms with van der Waals surface area (Å²) in [5, 5.41) is 10.8. The molecule has 0 saturated carbocycles. The van der Waals surface area contributed by atoms with Crippen molar-refractivity contribution in [2.24, 2.45) is 0 Å². The molecule has 0 bridgehead atoms. The lowest BCUT2D eigenvalue weighted by Gasteiger charge is -2.08. The molecule has 0 saturated heterocycles. The molecular weight excluding hydrogens is 319 g/mol. The first-order valence-corrected chi connectivity index (χ1v) is 7.27. The van der Waals surface area contributed by atoms with E-state index in [-0.39, 0.29) is 6.54 Å². The molecule has 2 aromatic carbocycles. The van der Waals surface area contributed by atoms with Gasteiger partial charge < -0.3 is 9.73 Å². The van der Waals surface area contributed by atoms with E-state index in [9.17, 15) is 13.2 Å². The van der Waals surface area contributed by atoms with Crippen LogP contribution in [0.5, 0.6) is 0 Å². The van der Waals surface area contributed by atoms with Crippen molar-refractivity contribution >= 4 is 5.69 Å². The standard InChI is InChI=1S/C17H14F3N3O/c18-17(19,20)13-6-8-14(9-7-13)21-11-16-23-22-15(24-16)10-12-4-2-1-3-5-12/h1-9,21H,10-11H2. The van der Waals surface area contributed by atoms with Crippen LogP contribution in [0.15, 0.2) is 59.0 Å². The monoisotopic (exact) mass is 333 g/mol. The van der Waals surface area contributed by atoms with Gasteiger partial charge in [-0.2, -0.15) is 13.2 Å². The van der Waals surface area contributed by atoms with Crippen molar-refractivity contribution in [3.8, 4) is 0 Å². The van der Waals surface area contributed by atoms with Gasteiger partial charge in [-0.1, -0.05) is 30.3 Å². The quantitative estimate of drug-likeness (QED) is 0.757. The van der Waals surface area contributed by atoms with Gasteiger partial charge in [0.2, 0.25) is 11.8 Å². The van der Waals surface area contributed by atoms with E-state index in [2.05, 4.69) is 15.5 Å². The minimum absolute atomic E-state index is 0.243. The largest absolute Gasteiger partial charge is 0.423 e. The van der Waals surface area contributed by atoms with E-state index in [1.807, 2.05) is 30.3 Å². The molecular formula is C17H14F3N3O. The SMILES string of the molecule is FC(F)(F)c1ccc(NCc2nnc(Cc3ccccc3)o2)cc1. The Morgan fingerprint density at radius 3 is 2.21 bits per heavy atom. The molecule has 3 aromatic rings. The lowest BCUT2D eigenvalue weighted by molar-refractivity contribution is -0.137. The van der Waals surface area contributed by atoms with Crippen LogP contribution < -0.4 is 5.32 Å². The van der Waals surface area contributed by atoms with E-state index in [1.54, 1.807) is 0 Å². The summed E-state index contributed by atoms with van der Waals surface area (Å²) >= 11 is 0. The molecule has 4 nitrogen and oxygen atoms in total. The number of benzene rings is 2. The maximum atomic E-state index is 12.5. The lowest BCUT2D eigenvalue weighted by atomic mass is 10.2. The third-order valence-corrected chi connectivity index (χ3v) is 3.36. The van der Waals surface area contributed by atoms with Crippen LogP contribution in [-0.4, -0.2) is 10.2 Å². The highest BCUT2D eigenvalue weighted by Gasteiger charge is 2.29. The molecule has 0 aliphatic rings. The van der Waals surface area contributed by atoms with E-state index in [1.165, 1.54) is 12.1 Å². The number of aromatic nitrogens is 2. The summed E-state index contributed by atoms with van der Waals surface area (Å²) in [4.78, 5) is 0. The summed E-state index contributed by atoms with van der Waals surface area (Å²) in [6, 6.07) is 14.5. The van der Waals surface area contributed by atoms with Crippen molar-refractivity contribution in [2.75, 3.05) is 5.32 Å². The Bertz CT molecular complexity index is 783. The van der Waals surface area contributed by atoms with Crippen LogP contribution in [-0.2, 0) is 19.1 Å². The molecule has 1 aromatic heterocycles. The van der Waals surface area contributed by atoms with Crippen LogP contribution in [0.4, 0.5) is 18.9 Å². The summed E-state index contributed by atoms with van der Waals surface area (Å²) in [6.07, 6.45) is -3.80. The Kier molecular flexibility index (Phi) is 4.50. The first kappa shape index (κ1) is 16.0. The maximum Gasteiger partial charge on any atom is 0.416 e. The molecule has 1 heterocycles. The molecule has 0 amide bonds. The van der Waals surface area contributed by atoms with E-state index in [0.717, 1.165) is 17.7 Å². The fraction of sp³-hybridized carbons (Fsp3) is 0.176. The number of nitrogens with zero attached hydrogens (tertiary/aromatic N) is 2. The Morgan fingerprint density at radius 1 is 0.875 bits per heavy atom.